The molecule has 3 unspecified atom stereocenters. The molecule has 13 heteroatoms. The van der Waals surface area contributed by atoms with Crippen molar-refractivity contribution in [1.29, 1.82) is 0 Å². The Morgan fingerprint density at radius 2 is 2.00 bits per heavy atom. The van der Waals surface area contributed by atoms with E-state index in [-0.39, 0.29) is 60.2 Å². The van der Waals surface area contributed by atoms with Crippen molar-refractivity contribution in [3.63, 3.8) is 0 Å². The number of benzene rings is 1. The van der Waals surface area contributed by atoms with E-state index < -0.39 is 18.3 Å². The van der Waals surface area contributed by atoms with E-state index in [4.69, 9.17) is 21.1 Å². The number of rotatable bonds is 7. The maximum absolute atomic E-state index is 13.6. The van der Waals surface area contributed by atoms with Crippen molar-refractivity contribution in [2.75, 3.05) is 31.3 Å². The summed E-state index contributed by atoms with van der Waals surface area (Å²) in [5.74, 6) is -0.539. The van der Waals surface area contributed by atoms with Crippen molar-refractivity contribution < 1.29 is 36.6 Å². The Labute approximate surface area is 215 Å². The molecule has 1 aromatic heterocycles. The van der Waals surface area contributed by atoms with Crippen LogP contribution in [0.15, 0.2) is 30.6 Å². The second kappa shape index (κ2) is 10.7. The molecule has 202 valence electrons. The summed E-state index contributed by atoms with van der Waals surface area (Å²) in [6.07, 6.45) is 0.0159. The van der Waals surface area contributed by atoms with Crippen LogP contribution in [-0.2, 0) is 14.3 Å². The van der Waals surface area contributed by atoms with E-state index in [0.29, 0.717) is 26.2 Å². The lowest BCUT2D eigenvalue weighted by molar-refractivity contribution is -0.353. The Hall–Kier alpha value is -2.57. The first-order chi connectivity index (χ1) is 17.6. The lowest BCUT2D eigenvalue weighted by atomic mass is 9.89. The Morgan fingerprint density at radius 3 is 2.76 bits per heavy atom. The summed E-state index contributed by atoms with van der Waals surface area (Å²) in [5.41, 5.74) is 0.876. The number of alkyl halides is 3. The predicted molar refractivity (Wildman–Crippen MR) is 125 cm³/mol. The molecular weight excluding hydrogens is 520 g/mol. The first-order valence-corrected chi connectivity index (χ1v) is 12.5. The number of halogens is 5. The molecule has 2 bridgehead atoms. The van der Waals surface area contributed by atoms with Gasteiger partial charge in [-0.3, -0.25) is 14.2 Å². The molecule has 8 nitrogen and oxygen atoms in total. The van der Waals surface area contributed by atoms with Crippen molar-refractivity contribution in [1.82, 2.24) is 15.1 Å². The van der Waals surface area contributed by atoms with E-state index in [9.17, 15) is 22.4 Å². The number of nitrogens with one attached hydrogen (secondary N) is 1. The number of fused-ring (bicyclic) bond motifs is 3. The van der Waals surface area contributed by atoms with Gasteiger partial charge in [0.1, 0.15) is 11.6 Å². The third kappa shape index (κ3) is 6.47. The van der Waals surface area contributed by atoms with E-state index in [1.165, 1.54) is 12.1 Å². The van der Waals surface area contributed by atoms with Gasteiger partial charge in [-0.15, -0.1) is 13.2 Å². The molecule has 1 aromatic carbocycles. The van der Waals surface area contributed by atoms with Gasteiger partial charge in [0.15, 0.2) is 6.61 Å². The van der Waals surface area contributed by atoms with Crippen molar-refractivity contribution >= 4 is 23.2 Å². The van der Waals surface area contributed by atoms with Crippen LogP contribution in [0.25, 0.3) is 0 Å². The minimum absolute atomic E-state index is 0.00979. The lowest BCUT2D eigenvalue weighted by Crippen LogP contribution is -2.44. The highest BCUT2D eigenvalue weighted by atomic mass is 35.5. The minimum atomic E-state index is -4.62. The zero-order valence-electron chi connectivity index (χ0n) is 19.8. The highest BCUT2D eigenvalue weighted by molar-refractivity contribution is 6.30. The molecule has 1 amide bonds. The number of carbonyl (C=O) groups is 1. The molecule has 0 spiro atoms. The number of ether oxygens (including phenoxy) is 3. The van der Waals surface area contributed by atoms with Gasteiger partial charge in [-0.25, -0.2) is 4.39 Å². The summed E-state index contributed by atoms with van der Waals surface area (Å²) >= 11 is 5.67. The molecule has 3 atom stereocenters. The number of aromatic nitrogens is 2. The summed E-state index contributed by atoms with van der Waals surface area (Å²) in [4.78, 5) is 14.8. The summed E-state index contributed by atoms with van der Waals surface area (Å²) in [5, 5.41) is 7.40. The minimum Gasteiger partial charge on any atom is -0.484 e. The van der Waals surface area contributed by atoms with Crippen molar-refractivity contribution in [2.24, 2.45) is 5.92 Å². The van der Waals surface area contributed by atoms with Gasteiger partial charge in [0.2, 0.25) is 0 Å². The third-order valence-corrected chi connectivity index (χ3v) is 7.33. The molecule has 0 radical (unpaired) electrons. The molecule has 3 aliphatic rings. The zero-order chi connectivity index (χ0) is 26.2. The molecule has 1 N–H and O–H groups in total. The van der Waals surface area contributed by atoms with E-state index in [0.717, 1.165) is 18.2 Å². The van der Waals surface area contributed by atoms with Gasteiger partial charge >= 0.3 is 6.36 Å². The van der Waals surface area contributed by atoms with Crippen LogP contribution in [0.5, 0.6) is 5.75 Å². The molecule has 3 heterocycles. The van der Waals surface area contributed by atoms with Gasteiger partial charge in [-0.1, -0.05) is 11.6 Å². The second-order valence-corrected chi connectivity index (χ2v) is 10.2. The van der Waals surface area contributed by atoms with Crippen molar-refractivity contribution in [3.05, 3.63) is 41.4 Å². The average molecular weight is 547 g/mol. The predicted octanol–water partition coefficient (Wildman–Crippen LogP) is 4.09. The van der Waals surface area contributed by atoms with Gasteiger partial charge in [0, 0.05) is 30.8 Å². The number of hydrogen-bond acceptors (Lipinski definition) is 6. The van der Waals surface area contributed by atoms with Gasteiger partial charge in [0.05, 0.1) is 48.3 Å². The normalized spacial score (nSPS) is 27.8. The first-order valence-electron chi connectivity index (χ1n) is 12.1. The zero-order valence-corrected chi connectivity index (χ0v) is 20.6. The van der Waals surface area contributed by atoms with Gasteiger partial charge in [-0.2, -0.15) is 5.10 Å². The van der Waals surface area contributed by atoms with Crippen LogP contribution in [0.2, 0.25) is 5.02 Å². The summed E-state index contributed by atoms with van der Waals surface area (Å²) in [7, 11) is 0. The average Bonchev–Trinajstić information content (AvgIpc) is 3.09. The standard InChI is InChI=1S/C24H27ClF4N4O4/c25-21-2-1-19(7-22(21)26)36-13-23(34)31-15-3-14-9-32(17(4-15)12-35-11-14)18-8-30-33(10-18)16-5-20(6-16)37-24(27,28)29/h1-2,7-8,10,14-17,20H,3-6,9,11-13H2,(H,31,34). The molecule has 1 saturated carbocycles. The van der Waals surface area contributed by atoms with E-state index in [2.05, 4.69) is 20.1 Å². The van der Waals surface area contributed by atoms with Crippen LogP contribution >= 0.6 is 11.6 Å². The molecule has 2 aromatic rings. The van der Waals surface area contributed by atoms with Crippen LogP contribution < -0.4 is 15.0 Å². The summed E-state index contributed by atoms with van der Waals surface area (Å²) in [6, 6.07) is 3.76. The molecule has 1 aliphatic carbocycles. The number of hydrogen-bond donors (Lipinski definition) is 1. The SMILES string of the molecule is O=C(COc1ccc(Cl)c(F)c1)NC1CC2COCC(C1)N(c1cnn(C3CC(OC(F)(F)F)C3)c1)C2. The number of anilines is 1. The monoisotopic (exact) mass is 546 g/mol. The summed E-state index contributed by atoms with van der Waals surface area (Å²) < 4.78 is 67.9. The van der Waals surface area contributed by atoms with Crippen LogP contribution in [0, 0.1) is 11.7 Å². The van der Waals surface area contributed by atoms with E-state index >= 15 is 0 Å². The van der Waals surface area contributed by atoms with E-state index in [1.807, 2.05) is 6.20 Å². The maximum atomic E-state index is 13.6. The molecule has 3 fully saturated rings. The van der Waals surface area contributed by atoms with Gasteiger partial charge in [0.25, 0.3) is 5.91 Å². The molecule has 2 aliphatic heterocycles. The highest BCUT2D eigenvalue weighted by Gasteiger charge is 2.41. The fraction of sp³-hybridized carbons (Fsp3) is 0.583. The smallest absolute Gasteiger partial charge is 0.484 e. The lowest BCUT2D eigenvalue weighted by Gasteiger charge is -2.35. The Morgan fingerprint density at radius 1 is 1.19 bits per heavy atom. The Kier molecular flexibility index (Phi) is 7.51. The number of amides is 1. The van der Waals surface area contributed by atoms with E-state index in [1.54, 1.807) is 10.9 Å². The fourth-order valence-electron chi connectivity index (χ4n) is 5.24. The highest BCUT2D eigenvalue weighted by Crippen LogP contribution is 2.39. The third-order valence-electron chi connectivity index (χ3n) is 7.02. The molecule has 2 saturated heterocycles. The number of carbonyl (C=O) groups excluding carboxylic acids is 1. The maximum Gasteiger partial charge on any atom is 0.522 e. The Balaban J connectivity index is 1.17. The topological polar surface area (TPSA) is 77.9 Å². The van der Waals surface area contributed by atoms with Crippen LogP contribution in [-0.4, -0.2) is 66.6 Å². The van der Waals surface area contributed by atoms with Crippen LogP contribution in [0.3, 0.4) is 0 Å². The van der Waals surface area contributed by atoms with Crippen LogP contribution in [0.4, 0.5) is 23.2 Å². The summed E-state index contributed by atoms with van der Waals surface area (Å²) in [6.45, 7) is 1.51. The van der Waals surface area contributed by atoms with Gasteiger partial charge in [-0.05, 0) is 37.8 Å². The van der Waals surface area contributed by atoms with Crippen molar-refractivity contribution in [3.8, 4) is 5.75 Å². The fourth-order valence-corrected chi connectivity index (χ4v) is 5.36. The first kappa shape index (κ1) is 26.1. The largest absolute Gasteiger partial charge is 0.522 e. The van der Waals surface area contributed by atoms with Crippen LogP contribution in [0.1, 0.15) is 31.7 Å². The number of nitrogens with zero attached hydrogens (tertiary/aromatic N) is 3. The van der Waals surface area contributed by atoms with Crippen molar-refractivity contribution in [2.45, 2.75) is 56.3 Å². The molecule has 37 heavy (non-hydrogen) atoms. The van der Waals surface area contributed by atoms with Gasteiger partial charge < -0.3 is 19.7 Å². The molecular formula is C24H27ClF4N4O4. The Bertz CT molecular complexity index is 1110. The second-order valence-electron chi connectivity index (χ2n) is 9.80. The molecule has 5 rings (SSSR count). The quantitative estimate of drug-likeness (QED) is 0.527.